The fourth-order valence-electron chi connectivity index (χ4n) is 4.77. The van der Waals surface area contributed by atoms with Gasteiger partial charge in [-0.1, -0.05) is 18.2 Å². The van der Waals surface area contributed by atoms with E-state index in [1.165, 1.54) is 19.1 Å². The predicted octanol–water partition coefficient (Wildman–Crippen LogP) is 1.67. The van der Waals surface area contributed by atoms with Crippen molar-refractivity contribution >= 4 is 23.7 Å². The monoisotopic (exact) mass is 460 g/mol. The standard InChI is InChI=1S/C24H32N2O7/c1-4-33-22(29)18-10-7-8-12-25(18)20(27)15-24(17-9-5-6-11-19(17)32-3)16-21(28)26(23(24)30)13-14-31-2/h5-6,9,11,18H,4,7-8,10,12-16H2,1-3H3/t18-,24+/m0/s1. The van der Waals surface area contributed by atoms with Crippen LogP contribution in [0.3, 0.4) is 0 Å². The molecule has 0 aliphatic carbocycles. The molecule has 2 aliphatic rings. The van der Waals surface area contributed by atoms with Gasteiger partial charge in [0.25, 0.3) is 0 Å². The first-order chi connectivity index (χ1) is 15.9. The van der Waals surface area contributed by atoms with Gasteiger partial charge in [0, 0.05) is 32.1 Å². The van der Waals surface area contributed by atoms with E-state index in [1.54, 1.807) is 31.2 Å². The number of piperidine rings is 1. The van der Waals surface area contributed by atoms with E-state index in [-0.39, 0.29) is 44.4 Å². The number of esters is 1. The summed E-state index contributed by atoms with van der Waals surface area (Å²) in [6.45, 7) is 2.66. The second kappa shape index (κ2) is 10.8. The first kappa shape index (κ1) is 24.7. The Kier molecular flexibility index (Phi) is 8.07. The molecule has 0 N–H and O–H groups in total. The Hall–Kier alpha value is -2.94. The smallest absolute Gasteiger partial charge is 0.328 e. The summed E-state index contributed by atoms with van der Waals surface area (Å²) in [5.74, 6) is -1.18. The number of nitrogens with zero attached hydrogens (tertiary/aromatic N) is 2. The van der Waals surface area contributed by atoms with Gasteiger partial charge in [0.15, 0.2) is 0 Å². The number of benzene rings is 1. The third-order valence-corrected chi connectivity index (χ3v) is 6.38. The Balaban J connectivity index is 1.99. The van der Waals surface area contributed by atoms with Gasteiger partial charge in [-0.3, -0.25) is 19.3 Å². The van der Waals surface area contributed by atoms with E-state index in [9.17, 15) is 19.2 Å². The first-order valence-electron chi connectivity index (χ1n) is 11.3. The largest absolute Gasteiger partial charge is 0.496 e. The zero-order chi connectivity index (χ0) is 24.0. The van der Waals surface area contributed by atoms with Gasteiger partial charge in [-0.2, -0.15) is 0 Å². The molecule has 2 saturated heterocycles. The third kappa shape index (κ3) is 4.88. The van der Waals surface area contributed by atoms with Crippen LogP contribution in [0.4, 0.5) is 0 Å². The van der Waals surface area contributed by atoms with E-state index in [1.807, 2.05) is 0 Å². The summed E-state index contributed by atoms with van der Waals surface area (Å²) >= 11 is 0. The van der Waals surface area contributed by atoms with Gasteiger partial charge in [0.1, 0.15) is 11.8 Å². The molecule has 0 spiro atoms. The van der Waals surface area contributed by atoms with Crippen LogP contribution in [-0.4, -0.2) is 80.1 Å². The molecule has 1 aromatic rings. The highest BCUT2D eigenvalue weighted by atomic mass is 16.5. The second-order valence-electron chi connectivity index (χ2n) is 8.33. The predicted molar refractivity (Wildman–Crippen MR) is 118 cm³/mol. The molecular formula is C24H32N2O7. The van der Waals surface area contributed by atoms with Crippen molar-refractivity contribution in [3.8, 4) is 5.75 Å². The number of amides is 3. The summed E-state index contributed by atoms with van der Waals surface area (Å²) in [5.41, 5.74) is -0.922. The molecule has 2 atom stereocenters. The maximum absolute atomic E-state index is 13.7. The van der Waals surface area contributed by atoms with Crippen molar-refractivity contribution in [2.24, 2.45) is 0 Å². The van der Waals surface area contributed by atoms with E-state index >= 15 is 0 Å². The molecule has 0 saturated carbocycles. The van der Waals surface area contributed by atoms with Crippen molar-refractivity contribution in [1.29, 1.82) is 0 Å². The molecule has 2 heterocycles. The summed E-state index contributed by atoms with van der Waals surface area (Å²) in [6, 6.07) is 6.26. The first-order valence-corrected chi connectivity index (χ1v) is 11.3. The van der Waals surface area contributed by atoms with E-state index in [4.69, 9.17) is 14.2 Å². The van der Waals surface area contributed by atoms with Crippen molar-refractivity contribution in [2.45, 2.75) is 50.5 Å². The normalized spacial score (nSPS) is 23.1. The van der Waals surface area contributed by atoms with Crippen molar-refractivity contribution < 1.29 is 33.4 Å². The lowest BCUT2D eigenvalue weighted by atomic mass is 9.75. The molecule has 2 fully saturated rings. The molecule has 0 aromatic heterocycles. The van der Waals surface area contributed by atoms with Gasteiger partial charge in [-0.05, 0) is 32.3 Å². The number of carbonyl (C=O) groups excluding carboxylic acids is 4. The van der Waals surface area contributed by atoms with E-state index in [0.717, 1.165) is 17.7 Å². The SMILES string of the molecule is CCOC(=O)[C@@H]1CCCCN1C(=O)C[C@]1(c2ccccc2OC)CC(=O)N(CCOC)C1=O. The Labute approximate surface area is 193 Å². The van der Waals surface area contributed by atoms with Crippen molar-refractivity contribution in [2.75, 3.05) is 40.5 Å². The maximum atomic E-state index is 13.7. The lowest BCUT2D eigenvalue weighted by Gasteiger charge is -2.37. The van der Waals surface area contributed by atoms with Crippen molar-refractivity contribution in [3.63, 3.8) is 0 Å². The number of para-hydroxylation sites is 1. The van der Waals surface area contributed by atoms with Gasteiger partial charge in [-0.15, -0.1) is 0 Å². The molecule has 180 valence electrons. The minimum absolute atomic E-state index is 0.106. The number of carbonyl (C=O) groups is 4. The van der Waals surface area contributed by atoms with Gasteiger partial charge in [-0.25, -0.2) is 4.79 Å². The molecule has 0 bridgehead atoms. The summed E-state index contributed by atoms with van der Waals surface area (Å²) in [6.07, 6.45) is 1.69. The number of hydrogen-bond donors (Lipinski definition) is 0. The van der Waals surface area contributed by atoms with Gasteiger partial charge in [0.2, 0.25) is 17.7 Å². The van der Waals surface area contributed by atoms with Gasteiger partial charge < -0.3 is 19.1 Å². The number of hydrogen-bond acceptors (Lipinski definition) is 7. The van der Waals surface area contributed by atoms with Crippen molar-refractivity contribution in [1.82, 2.24) is 9.80 Å². The molecule has 9 nitrogen and oxygen atoms in total. The van der Waals surface area contributed by atoms with Crippen LogP contribution >= 0.6 is 0 Å². The number of rotatable bonds is 9. The van der Waals surface area contributed by atoms with E-state index < -0.39 is 23.3 Å². The topological polar surface area (TPSA) is 102 Å². The highest BCUT2D eigenvalue weighted by Crippen LogP contribution is 2.44. The number of methoxy groups -OCH3 is 2. The zero-order valence-corrected chi connectivity index (χ0v) is 19.5. The summed E-state index contributed by atoms with van der Waals surface area (Å²) in [7, 11) is 2.98. The summed E-state index contributed by atoms with van der Waals surface area (Å²) < 4.78 is 15.7. The summed E-state index contributed by atoms with van der Waals surface area (Å²) in [4.78, 5) is 55.4. The zero-order valence-electron chi connectivity index (χ0n) is 19.5. The second-order valence-corrected chi connectivity index (χ2v) is 8.33. The van der Waals surface area contributed by atoms with E-state index in [2.05, 4.69) is 0 Å². The van der Waals surface area contributed by atoms with Crippen LogP contribution in [0, 0.1) is 0 Å². The average Bonchev–Trinajstić information content (AvgIpc) is 3.07. The van der Waals surface area contributed by atoms with Crippen LogP contribution < -0.4 is 4.74 Å². The Morgan fingerprint density at radius 1 is 1.15 bits per heavy atom. The highest BCUT2D eigenvalue weighted by Gasteiger charge is 2.55. The Morgan fingerprint density at radius 3 is 2.61 bits per heavy atom. The van der Waals surface area contributed by atoms with Gasteiger partial charge in [0.05, 0.1) is 32.3 Å². The van der Waals surface area contributed by atoms with E-state index in [0.29, 0.717) is 24.3 Å². The molecule has 1 aromatic carbocycles. The Morgan fingerprint density at radius 2 is 1.91 bits per heavy atom. The van der Waals surface area contributed by atoms with Crippen LogP contribution in [0.15, 0.2) is 24.3 Å². The molecule has 33 heavy (non-hydrogen) atoms. The average molecular weight is 461 g/mol. The summed E-state index contributed by atoms with van der Waals surface area (Å²) in [5, 5.41) is 0. The molecular weight excluding hydrogens is 428 g/mol. The minimum Gasteiger partial charge on any atom is -0.496 e. The highest BCUT2D eigenvalue weighted by molar-refractivity contribution is 6.11. The third-order valence-electron chi connectivity index (χ3n) is 6.38. The number of imide groups is 1. The fraction of sp³-hybridized carbons (Fsp3) is 0.583. The van der Waals surface area contributed by atoms with Gasteiger partial charge >= 0.3 is 5.97 Å². The van der Waals surface area contributed by atoms with Crippen LogP contribution in [0.1, 0.15) is 44.6 Å². The number of likely N-dealkylation sites (tertiary alicyclic amines) is 2. The molecule has 2 aliphatic heterocycles. The Bertz CT molecular complexity index is 903. The lowest BCUT2D eigenvalue weighted by molar-refractivity contribution is -0.157. The van der Waals surface area contributed by atoms with Crippen LogP contribution in [0.2, 0.25) is 0 Å². The maximum Gasteiger partial charge on any atom is 0.328 e. The van der Waals surface area contributed by atoms with Crippen LogP contribution in [0.5, 0.6) is 5.75 Å². The van der Waals surface area contributed by atoms with Crippen molar-refractivity contribution in [3.05, 3.63) is 29.8 Å². The van der Waals surface area contributed by atoms with Crippen LogP contribution in [0.25, 0.3) is 0 Å². The molecule has 3 rings (SSSR count). The number of ether oxygens (including phenoxy) is 3. The molecule has 9 heteroatoms. The lowest BCUT2D eigenvalue weighted by Crippen LogP contribution is -2.51. The molecule has 3 amide bonds. The molecule has 0 unspecified atom stereocenters. The quantitative estimate of drug-likeness (QED) is 0.408. The minimum atomic E-state index is -1.41. The molecule has 0 radical (unpaired) electrons. The van der Waals surface area contributed by atoms with Crippen LogP contribution in [-0.2, 0) is 34.1 Å². The fourth-order valence-corrected chi connectivity index (χ4v) is 4.77.